The first-order valence-electron chi connectivity index (χ1n) is 7.97. The Morgan fingerprint density at radius 1 is 1.33 bits per heavy atom. The Hall–Kier alpha value is -1.58. The lowest BCUT2D eigenvalue weighted by atomic mass is 10.0. The van der Waals surface area contributed by atoms with Gasteiger partial charge in [-0.1, -0.05) is 39.2 Å². The molecule has 0 radical (unpaired) electrons. The van der Waals surface area contributed by atoms with Gasteiger partial charge in [0.25, 0.3) is 0 Å². The van der Waals surface area contributed by atoms with Gasteiger partial charge in [-0.25, -0.2) is 9.78 Å². The third-order valence-electron chi connectivity index (χ3n) is 3.39. The zero-order valence-corrected chi connectivity index (χ0v) is 13.7. The number of ether oxygens (including phenoxy) is 1. The average molecular weight is 292 g/mol. The Kier molecular flexibility index (Phi) is 7.80. The summed E-state index contributed by atoms with van der Waals surface area (Å²) in [5.74, 6) is 0.820. The third kappa shape index (κ3) is 6.61. The van der Waals surface area contributed by atoms with E-state index in [4.69, 9.17) is 4.74 Å². The van der Waals surface area contributed by atoms with Crippen LogP contribution in [-0.4, -0.2) is 23.6 Å². The van der Waals surface area contributed by atoms with Crippen molar-refractivity contribution in [1.29, 1.82) is 0 Å². The molecule has 1 aromatic heterocycles. The van der Waals surface area contributed by atoms with E-state index in [-0.39, 0.29) is 12.0 Å². The van der Waals surface area contributed by atoms with Crippen molar-refractivity contribution in [3.8, 4) is 0 Å². The Morgan fingerprint density at radius 3 is 2.71 bits per heavy atom. The van der Waals surface area contributed by atoms with Crippen LogP contribution in [0.5, 0.6) is 0 Å². The number of aromatic nitrogens is 1. The third-order valence-corrected chi connectivity index (χ3v) is 3.39. The molecule has 0 aliphatic rings. The lowest BCUT2D eigenvalue weighted by Crippen LogP contribution is -2.16. The zero-order chi connectivity index (χ0) is 15.7. The molecule has 1 atom stereocenters. The molecule has 4 heteroatoms. The first-order chi connectivity index (χ1) is 10.1. The van der Waals surface area contributed by atoms with Crippen LogP contribution >= 0.6 is 0 Å². The van der Waals surface area contributed by atoms with E-state index in [1.807, 2.05) is 26.0 Å². The first-order valence-corrected chi connectivity index (χ1v) is 7.97. The van der Waals surface area contributed by atoms with E-state index in [1.165, 1.54) is 12.8 Å². The van der Waals surface area contributed by atoms with Crippen molar-refractivity contribution < 1.29 is 9.53 Å². The second kappa shape index (κ2) is 9.37. The molecule has 0 spiro atoms. The van der Waals surface area contributed by atoms with Gasteiger partial charge in [-0.05, 0) is 38.3 Å². The Labute approximate surface area is 128 Å². The minimum Gasteiger partial charge on any atom is -0.461 e. The van der Waals surface area contributed by atoms with Gasteiger partial charge in [0.1, 0.15) is 5.82 Å². The van der Waals surface area contributed by atoms with Crippen molar-refractivity contribution in [3.05, 3.63) is 23.9 Å². The lowest BCUT2D eigenvalue weighted by molar-refractivity contribution is 0.0421. The largest absolute Gasteiger partial charge is 0.461 e. The van der Waals surface area contributed by atoms with Crippen molar-refractivity contribution in [1.82, 2.24) is 4.98 Å². The Balaban J connectivity index is 2.54. The highest BCUT2D eigenvalue weighted by molar-refractivity contribution is 5.87. The summed E-state index contributed by atoms with van der Waals surface area (Å²) in [5.41, 5.74) is 0.367. The number of hydrogen-bond donors (Lipinski definition) is 1. The number of carbonyl (C=O) groups is 1. The maximum absolute atomic E-state index is 12.1. The van der Waals surface area contributed by atoms with Gasteiger partial charge < -0.3 is 10.1 Å². The highest BCUT2D eigenvalue weighted by atomic mass is 16.5. The molecule has 0 saturated carbocycles. The molecular formula is C17H28N2O2. The van der Waals surface area contributed by atoms with Crippen molar-refractivity contribution in [2.24, 2.45) is 5.92 Å². The molecule has 0 fully saturated rings. The second-order valence-electron chi connectivity index (χ2n) is 5.72. The summed E-state index contributed by atoms with van der Waals surface area (Å²) in [4.78, 5) is 16.4. The van der Waals surface area contributed by atoms with E-state index in [1.54, 1.807) is 6.07 Å². The van der Waals surface area contributed by atoms with Gasteiger partial charge >= 0.3 is 5.97 Å². The van der Waals surface area contributed by atoms with Crippen LogP contribution in [0.15, 0.2) is 18.2 Å². The summed E-state index contributed by atoms with van der Waals surface area (Å²) in [6, 6.07) is 5.65. The fraction of sp³-hybridized carbons (Fsp3) is 0.647. The molecule has 0 aromatic carbocycles. The van der Waals surface area contributed by atoms with E-state index >= 15 is 0 Å². The van der Waals surface area contributed by atoms with Gasteiger partial charge in [0.05, 0.1) is 6.61 Å². The maximum Gasteiger partial charge on any atom is 0.357 e. The minimum absolute atomic E-state index is 0.280. The van der Waals surface area contributed by atoms with Crippen LogP contribution in [0, 0.1) is 5.92 Å². The second-order valence-corrected chi connectivity index (χ2v) is 5.72. The van der Waals surface area contributed by atoms with E-state index in [0.717, 1.165) is 12.8 Å². The molecule has 1 N–H and O–H groups in total. The van der Waals surface area contributed by atoms with Crippen LogP contribution in [0.1, 0.15) is 63.9 Å². The predicted molar refractivity (Wildman–Crippen MR) is 86.6 cm³/mol. The number of rotatable bonds is 9. The molecule has 0 aliphatic heterocycles. The molecule has 1 aromatic rings. The smallest absolute Gasteiger partial charge is 0.357 e. The predicted octanol–water partition coefficient (Wildman–Crippen LogP) is 4.28. The summed E-state index contributed by atoms with van der Waals surface area (Å²) in [5, 5.41) is 3.19. The number of anilines is 1. The molecule has 1 rings (SSSR count). The summed E-state index contributed by atoms with van der Waals surface area (Å²) in [6.07, 6.45) is 4.51. The molecule has 1 heterocycles. The van der Waals surface area contributed by atoms with Crippen molar-refractivity contribution in [3.63, 3.8) is 0 Å². The molecular weight excluding hydrogens is 264 g/mol. The molecule has 0 bridgehead atoms. The van der Waals surface area contributed by atoms with Gasteiger partial charge in [-0.15, -0.1) is 0 Å². The van der Waals surface area contributed by atoms with Crippen LogP contribution in [0.4, 0.5) is 5.82 Å². The molecule has 0 amide bonds. The van der Waals surface area contributed by atoms with Crippen LogP contribution in [0.3, 0.4) is 0 Å². The molecule has 0 aliphatic carbocycles. The quantitative estimate of drug-likeness (QED) is 0.690. The van der Waals surface area contributed by atoms with E-state index < -0.39 is 0 Å². The fourth-order valence-corrected chi connectivity index (χ4v) is 2.09. The molecule has 21 heavy (non-hydrogen) atoms. The van der Waals surface area contributed by atoms with Crippen LogP contribution in [0.25, 0.3) is 0 Å². The highest BCUT2D eigenvalue weighted by Crippen LogP contribution is 2.14. The van der Waals surface area contributed by atoms with Crippen LogP contribution < -0.4 is 5.32 Å². The standard InChI is InChI=1S/C17H28N2O2/c1-5-7-9-14(6-2)12-21-17(20)15-10-8-11-16(19-15)18-13(3)4/h8,10-11,13-14H,5-7,9,12H2,1-4H3,(H,18,19). The fourth-order valence-electron chi connectivity index (χ4n) is 2.09. The monoisotopic (exact) mass is 292 g/mol. The normalized spacial score (nSPS) is 12.2. The van der Waals surface area contributed by atoms with Crippen molar-refractivity contribution >= 4 is 11.8 Å². The van der Waals surface area contributed by atoms with Crippen LogP contribution in [-0.2, 0) is 4.74 Å². The Bertz CT molecular complexity index is 433. The number of unbranched alkanes of at least 4 members (excludes halogenated alkanes) is 1. The van der Waals surface area contributed by atoms with Gasteiger partial charge in [0.15, 0.2) is 5.69 Å². The number of nitrogens with one attached hydrogen (secondary N) is 1. The van der Waals surface area contributed by atoms with Gasteiger partial charge in [-0.2, -0.15) is 0 Å². The number of esters is 1. The van der Waals surface area contributed by atoms with E-state index in [0.29, 0.717) is 24.0 Å². The van der Waals surface area contributed by atoms with Gasteiger partial charge in [-0.3, -0.25) is 0 Å². The number of nitrogens with zero attached hydrogens (tertiary/aromatic N) is 1. The topological polar surface area (TPSA) is 51.2 Å². The van der Waals surface area contributed by atoms with Gasteiger partial charge in [0.2, 0.25) is 0 Å². The summed E-state index contributed by atoms with van der Waals surface area (Å²) in [7, 11) is 0. The van der Waals surface area contributed by atoms with Gasteiger partial charge in [0, 0.05) is 6.04 Å². The maximum atomic E-state index is 12.1. The zero-order valence-electron chi connectivity index (χ0n) is 13.7. The van der Waals surface area contributed by atoms with Crippen molar-refractivity contribution in [2.75, 3.05) is 11.9 Å². The SMILES string of the molecule is CCCCC(CC)COC(=O)c1cccc(NC(C)C)n1. The van der Waals surface area contributed by atoms with E-state index in [2.05, 4.69) is 24.1 Å². The number of carbonyl (C=O) groups excluding carboxylic acids is 1. The molecule has 118 valence electrons. The Morgan fingerprint density at radius 2 is 2.10 bits per heavy atom. The van der Waals surface area contributed by atoms with Crippen LogP contribution in [0.2, 0.25) is 0 Å². The summed E-state index contributed by atoms with van der Waals surface area (Å²) >= 11 is 0. The number of hydrogen-bond acceptors (Lipinski definition) is 4. The first kappa shape index (κ1) is 17.5. The van der Waals surface area contributed by atoms with Crippen molar-refractivity contribution in [2.45, 2.75) is 59.4 Å². The average Bonchev–Trinajstić information content (AvgIpc) is 2.46. The molecule has 0 saturated heterocycles. The minimum atomic E-state index is -0.336. The molecule has 4 nitrogen and oxygen atoms in total. The van der Waals surface area contributed by atoms with E-state index in [9.17, 15) is 4.79 Å². The summed E-state index contributed by atoms with van der Waals surface area (Å²) in [6.45, 7) is 8.87. The lowest BCUT2D eigenvalue weighted by Gasteiger charge is -2.15. The summed E-state index contributed by atoms with van der Waals surface area (Å²) < 4.78 is 5.41. The number of pyridine rings is 1. The highest BCUT2D eigenvalue weighted by Gasteiger charge is 2.13. The molecule has 1 unspecified atom stereocenters.